The standard InChI is InChI=1S/C13H23NO4/c1-12(2,3)18-11(17)13(14,10(15)16)9-7-5-4-6-8-9/h9H,4-8,14H2,1-3H3,(H,15,16). The highest BCUT2D eigenvalue weighted by atomic mass is 16.6. The molecular weight excluding hydrogens is 234 g/mol. The van der Waals surface area contributed by atoms with Crippen molar-refractivity contribution in [3.63, 3.8) is 0 Å². The first-order valence-electron chi connectivity index (χ1n) is 6.43. The number of hydrogen-bond donors (Lipinski definition) is 2. The molecule has 3 N–H and O–H groups in total. The summed E-state index contributed by atoms with van der Waals surface area (Å²) >= 11 is 0. The molecule has 0 radical (unpaired) electrons. The summed E-state index contributed by atoms with van der Waals surface area (Å²) in [6, 6.07) is 0. The molecule has 0 bridgehead atoms. The first-order valence-corrected chi connectivity index (χ1v) is 6.43. The maximum atomic E-state index is 12.1. The van der Waals surface area contributed by atoms with Gasteiger partial charge >= 0.3 is 11.9 Å². The molecule has 1 fully saturated rings. The summed E-state index contributed by atoms with van der Waals surface area (Å²) in [5.74, 6) is -2.45. The van der Waals surface area contributed by atoms with E-state index in [1.165, 1.54) is 0 Å². The van der Waals surface area contributed by atoms with Gasteiger partial charge in [0.05, 0.1) is 0 Å². The highest BCUT2D eigenvalue weighted by Gasteiger charge is 2.51. The van der Waals surface area contributed by atoms with Crippen molar-refractivity contribution in [2.24, 2.45) is 11.7 Å². The monoisotopic (exact) mass is 257 g/mol. The van der Waals surface area contributed by atoms with Crippen molar-refractivity contribution in [2.75, 3.05) is 0 Å². The van der Waals surface area contributed by atoms with Crippen LogP contribution in [0.25, 0.3) is 0 Å². The second-order valence-corrected chi connectivity index (χ2v) is 6.01. The summed E-state index contributed by atoms with van der Waals surface area (Å²) in [7, 11) is 0. The molecule has 1 aliphatic rings. The lowest BCUT2D eigenvalue weighted by atomic mass is 9.75. The van der Waals surface area contributed by atoms with Crippen molar-refractivity contribution in [3.05, 3.63) is 0 Å². The highest BCUT2D eigenvalue weighted by Crippen LogP contribution is 2.33. The molecule has 5 heteroatoms. The molecule has 0 amide bonds. The van der Waals surface area contributed by atoms with Crippen molar-refractivity contribution >= 4 is 11.9 Å². The number of carbonyl (C=O) groups excluding carboxylic acids is 1. The van der Waals surface area contributed by atoms with E-state index in [1.807, 2.05) is 0 Å². The van der Waals surface area contributed by atoms with Crippen molar-refractivity contribution in [1.82, 2.24) is 0 Å². The van der Waals surface area contributed by atoms with Gasteiger partial charge in [0.25, 0.3) is 0 Å². The normalized spacial score (nSPS) is 21.1. The van der Waals surface area contributed by atoms with E-state index in [9.17, 15) is 14.7 Å². The number of esters is 1. The zero-order valence-corrected chi connectivity index (χ0v) is 11.4. The van der Waals surface area contributed by atoms with E-state index < -0.39 is 23.1 Å². The fraction of sp³-hybridized carbons (Fsp3) is 0.846. The quantitative estimate of drug-likeness (QED) is 0.593. The van der Waals surface area contributed by atoms with Crippen molar-refractivity contribution in [3.8, 4) is 0 Å². The minimum atomic E-state index is -1.91. The van der Waals surface area contributed by atoms with Crippen LogP contribution in [0.15, 0.2) is 0 Å². The number of rotatable bonds is 3. The molecule has 0 aromatic carbocycles. The SMILES string of the molecule is CC(C)(C)OC(=O)C(N)(C(=O)O)C1CCCCC1. The maximum Gasteiger partial charge on any atom is 0.338 e. The molecule has 1 unspecified atom stereocenters. The van der Waals surface area contributed by atoms with Crippen LogP contribution in [-0.4, -0.2) is 28.2 Å². The summed E-state index contributed by atoms with van der Waals surface area (Å²) in [6.45, 7) is 5.11. The van der Waals surface area contributed by atoms with Gasteiger partial charge in [0.1, 0.15) is 5.60 Å². The molecule has 18 heavy (non-hydrogen) atoms. The molecule has 0 aromatic heterocycles. The number of carboxylic acids is 1. The van der Waals surface area contributed by atoms with E-state index >= 15 is 0 Å². The van der Waals surface area contributed by atoms with Gasteiger partial charge in [-0.2, -0.15) is 0 Å². The third kappa shape index (κ3) is 3.22. The molecule has 1 saturated carbocycles. The van der Waals surface area contributed by atoms with Crippen LogP contribution < -0.4 is 5.73 Å². The van der Waals surface area contributed by atoms with E-state index in [0.717, 1.165) is 19.3 Å². The fourth-order valence-electron chi connectivity index (χ4n) is 2.35. The molecule has 0 spiro atoms. The second-order valence-electron chi connectivity index (χ2n) is 6.01. The number of nitrogens with two attached hydrogens (primary N) is 1. The summed E-state index contributed by atoms with van der Waals surface area (Å²) in [5, 5.41) is 9.33. The van der Waals surface area contributed by atoms with Gasteiger partial charge in [-0.15, -0.1) is 0 Å². The largest absolute Gasteiger partial charge is 0.479 e. The zero-order valence-electron chi connectivity index (χ0n) is 11.4. The number of ether oxygens (including phenoxy) is 1. The van der Waals surface area contributed by atoms with Crippen LogP contribution in [0.2, 0.25) is 0 Å². The van der Waals surface area contributed by atoms with Gasteiger partial charge in [-0.25, -0.2) is 9.59 Å². The van der Waals surface area contributed by atoms with Gasteiger partial charge in [-0.1, -0.05) is 19.3 Å². The Bertz CT molecular complexity index is 328. The maximum absolute atomic E-state index is 12.1. The van der Waals surface area contributed by atoms with Gasteiger partial charge in [0.15, 0.2) is 0 Å². The first kappa shape index (κ1) is 15.0. The first-order chi connectivity index (χ1) is 8.18. The lowest BCUT2D eigenvalue weighted by Gasteiger charge is -2.35. The Kier molecular flexibility index (Phi) is 4.37. The van der Waals surface area contributed by atoms with Crippen molar-refractivity contribution < 1.29 is 19.4 Å². The van der Waals surface area contributed by atoms with Crippen LogP contribution in [0.1, 0.15) is 52.9 Å². The molecular formula is C13H23NO4. The molecule has 0 aromatic rings. The van der Waals surface area contributed by atoms with Crippen LogP contribution in [-0.2, 0) is 14.3 Å². The Balaban J connectivity index is 2.92. The van der Waals surface area contributed by atoms with Gasteiger partial charge in [0, 0.05) is 0 Å². The molecule has 0 heterocycles. The molecule has 104 valence electrons. The predicted molar refractivity (Wildman–Crippen MR) is 67.0 cm³/mol. The Labute approximate surface area is 108 Å². The third-order valence-electron chi connectivity index (χ3n) is 3.34. The van der Waals surface area contributed by atoms with Gasteiger partial charge in [0.2, 0.25) is 5.54 Å². The van der Waals surface area contributed by atoms with Crippen molar-refractivity contribution in [2.45, 2.75) is 64.0 Å². The Hall–Kier alpha value is -1.10. The molecule has 0 saturated heterocycles. The number of aliphatic carboxylic acids is 1. The van der Waals surface area contributed by atoms with Gasteiger partial charge in [-0.3, -0.25) is 0 Å². The van der Waals surface area contributed by atoms with E-state index in [1.54, 1.807) is 20.8 Å². The van der Waals surface area contributed by atoms with Crippen LogP contribution in [0.3, 0.4) is 0 Å². The van der Waals surface area contributed by atoms with Crippen molar-refractivity contribution in [1.29, 1.82) is 0 Å². The topological polar surface area (TPSA) is 89.6 Å². The summed E-state index contributed by atoms with van der Waals surface area (Å²) in [6.07, 6.45) is 4.24. The lowest BCUT2D eigenvalue weighted by Crippen LogP contribution is -2.62. The second kappa shape index (κ2) is 5.26. The van der Waals surface area contributed by atoms with Crippen LogP contribution in [0, 0.1) is 5.92 Å². The van der Waals surface area contributed by atoms with Crippen LogP contribution in [0.5, 0.6) is 0 Å². The molecule has 1 aliphatic carbocycles. The predicted octanol–water partition coefficient (Wildman–Crippen LogP) is 1.69. The minimum Gasteiger partial charge on any atom is -0.479 e. The minimum absolute atomic E-state index is 0.335. The summed E-state index contributed by atoms with van der Waals surface area (Å²) < 4.78 is 5.17. The van der Waals surface area contributed by atoms with E-state index in [0.29, 0.717) is 12.8 Å². The lowest BCUT2D eigenvalue weighted by molar-refractivity contribution is -0.172. The van der Waals surface area contributed by atoms with Gasteiger partial charge in [-0.05, 0) is 39.5 Å². The average molecular weight is 257 g/mol. The molecule has 1 rings (SSSR count). The smallest absolute Gasteiger partial charge is 0.338 e. The molecule has 5 nitrogen and oxygen atoms in total. The number of carboxylic acid groups (broad SMARTS) is 1. The Morgan fingerprint density at radius 2 is 1.67 bits per heavy atom. The summed E-state index contributed by atoms with van der Waals surface area (Å²) in [5.41, 5.74) is 3.25. The van der Waals surface area contributed by atoms with E-state index in [2.05, 4.69) is 0 Å². The Morgan fingerprint density at radius 3 is 2.06 bits per heavy atom. The zero-order chi connectivity index (χ0) is 14.0. The van der Waals surface area contributed by atoms with Gasteiger partial charge < -0.3 is 15.6 Å². The molecule has 0 aliphatic heterocycles. The van der Waals surface area contributed by atoms with Crippen LogP contribution in [0.4, 0.5) is 0 Å². The molecule has 1 atom stereocenters. The number of hydrogen-bond acceptors (Lipinski definition) is 4. The number of carbonyl (C=O) groups is 2. The highest BCUT2D eigenvalue weighted by molar-refractivity contribution is 6.04. The van der Waals surface area contributed by atoms with E-state index in [4.69, 9.17) is 10.5 Å². The fourth-order valence-corrected chi connectivity index (χ4v) is 2.35. The van der Waals surface area contributed by atoms with E-state index in [-0.39, 0.29) is 5.92 Å². The van der Waals surface area contributed by atoms with Crippen LogP contribution >= 0.6 is 0 Å². The average Bonchev–Trinajstić information content (AvgIpc) is 2.26. The Morgan fingerprint density at radius 1 is 1.17 bits per heavy atom. The third-order valence-corrected chi connectivity index (χ3v) is 3.34. The summed E-state index contributed by atoms with van der Waals surface area (Å²) in [4.78, 5) is 23.5.